The van der Waals surface area contributed by atoms with Crippen molar-refractivity contribution in [2.75, 3.05) is 6.61 Å². The summed E-state index contributed by atoms with van der Waals surface area (Å²) in [7, 11) is -2.77. The first-order valence-corrected chi connectivity index (χ1v) is 11.0. The van der Waals surface area contributed by atoms with Gasteiger partial charge in [0, 0.05) is 0 Å². The van der Waals surface area contributed by atoms with Crippen molar-refractivity contribution in [2.45, 2.75) is 44.1 Å². The average Bonchev–Trinajstić information content (AvgIpc) is 2.90. The topological polar surface area (TPSA) is 76.0 Å². The Morgan fingerprint density at radius 2 is 1.44 bits per heavy atom. The van der Waals surface area contributed by atoms with Crippen molar-refractivity contribution in [3.05, 3.63) is 60.7 Å². The first kappa shape index (κ1) is 19.8. The number of hydrogen-bond donors (Lipinski definition) is 2. The van der Waals surface area contributed by atoms with Crippen LogP contribution in [0.4, 0.5) is 0 Å². The molecule has 2 aromatic carbocycles. The Balaban J connectivity index is 2.03. The van der Waals surface area contributed by atoms with E-state index in [1.807, 2.05) is 36.4 Å². The van der Waals surface area contributed by atoms with Crippen molar-refractivity contribution in [3.8, 4) is 0 Å². The molecule has 0 aliphatic carbocycles. The predicted molar refractivity (Wildman–Crippen MR) is 105 cm³/mol. The molecule has 3 rings (SSSR count). The van der Waals surface area contributed by atoms with E-state index in [-0.39, 0.29) is 11.6 Å². The average molecular weight is 387 g/mol. The quantitative estimate of drug-likeness (QED) is 0.597. The molecule has 0 saturated carbocycles. The zero-order valence-electron chi connectivity index (χ0n) is 15.8. The van der Waals surface area contributed by atoms with Gasteiger partial charge in [-0.3, -0.25) is 0 Å². The van der Waals surface area contributed by atoms with E-state index in [1.54, 1.807) is 0 Å². The van der Waals surface area contributed by atoms with Gasteiger partial charge in [-0.1, -0.05) is 81.4 Å². The van der Waals surface area contributed by atoms with Crippen LogP contribution in [0, 0.1) is 0 Å². The highest BCUT2D eigenvalue weighted by Gasteiger charge is 2.52. The second-order valence-corrected chi connectivity index (χ2v) is 12.2. The van der Waals surface area contributed by atoms with E-state index in [0.29, 0.717) is 0 Å². The van der Waals surface area contributed by atoms with Crippen LogP contribution in [0.1, 0.15) is 20.8 Å². The maximum atomic E-state index is 11.6. The number of cyclic esters (lactones) is 1. The normalized spacial score (nSPS) is 23.3. The fourth-order valence-electron chi connectivity index (χ4n) is 3.73. The molecule has 27 heavy (non-hydrogen) atoms. The summed E-state index contributed by atoms with van der Waals surface area (Å²) >= 11 is 0. The molecule has 0 spiro atoms. The van der Waals surface area contributed by atoms with Gasteiger partial charge in [-0.15, -0.1) is 0 Å². The van der Waals surface area contributed by atoms with Crippen LogP contribution in [0.25, 0.3) is 0 Å². The number of hydrogen-bond acceptors (Lipinski definition) is 5. The molecule has 1 aliphatic rings. The number of carbonyl (C=O) groups excluding carboxylic acids is 1. The van der Waals surface area contributed by atoms with Crippen LogP contribution in [-0.2, 0) is 14.0 Å². The Morgan fingerprint density at radius 1 is 0.963 bits per heavy atom. The Labute approximate surface area is 160 Å². The zero-order valence-corrected chi connectivity index (χ0v) is 16.8. The highest BCUT2D eigenvalue weighted by atomic mass is 28.4. The minimum Gasteiger partial charge on any atom is -0.455 e. The first-order valence-electron chi connectivity index (χ1n) is 9.09. The standard InChI is InChI=1S/C21H26O5Si/c1-21(2,3)27(15-10-6-4-7-11-15,16-12-8-5-9-13-16)25-14-17-18(22)19(23)20(24)26-17/h4-13,17-19,22-23H,14H2,1-3H3/t17-,18-,19+/m0/s1. The van der Waals surface area contributed by atoms with Gasteiger partial charge >= 0.3 is 5.97 Å². The smallest absolute Gasteiger partial charge is 0.338 e. The van der Waals surface area contributed by atoms with Gasteiger partial charge in [0.25, 0.3) is 8.32 Å². The maximum absolute atomic E-state index is 11.6. The lowest BCUT2D eigenvalue weighted by atomic mass is 10.1. The monoisotopic (exact) mass is 386 g/mol. The van der Waals surface area contributed by atoms with E-state index < -0.39 is 32.6 Å². The second-order valence-electron chi connectivity index (χ2n) is 7.89. The molecular weight excluding hydrogens is 360 g/mol. The van der Waals surface area contributed by atoms with Crippen molar-refractivity contribution in [1.29, 1.82) is 0 Å². The van der Waals surface area contributed by atoms with Crippen LogP contribution in [0.2, 0.25) is 5.04 Å². The largest absolute Gasteiger partial charge is 0.455 e. The Morgan fingerprint density at radius 3 is 1.81 bits per heavy atom. The van der Waals surface area contributed by atoms with Crippen LogP contribution in [0.5, 0.6) is 0 Å². The zero-order chi connectivity index (χ0) is 19.7. The number of aliphatic hydroxyl groups is 2. The van der Waals surface area contributed by atoms with Crippen molar-refractivity contribution < 1.29 is 24.2 Å². The summed E-state index contributed by atoms with van der Waals surface area (Å²) < 4.78 is 11.7. The molecule has 3 atom stereocenters. The fourth-order valence-corrected chi connectivity index (χ4v) is 8.30. The van der Waals surface area contributed by atoms with E-state index >= 15 is 0 Å². The molecule has 5 nitrogen and oxygen atoms in total. The van der Waals surface area contributed by atoms with E-state index in [2.05, 4.69) is 45.0 Å². The van der Waals surface area contributed by atoms with E-state index in [4.69, 9.17) is 9.16 Å². The number of esters is 1. The second kappa shape index (κ2) is 7.56. The molecule has 1 fully saturated rings. The molecule has 1 heterocycles. The summed E-state index contributed by atoms with van der Waals surface area (Å²) in [5.74, 6) is -0.807. The molecule has 1 aliphatic heterocycles. The van der Waals surface area contributed by atoms with Crippen molar-refractivity contribution in [1.82, 2.24) is 0 Å². The number of rotatable bonds is 5. The lowest BCUT2D eigenvalue weighted by molar-refractivity contribution is -0.148. The molecule has 0 radical (unpaired) electrons. The fraction of sp³-hybridized carbons (Fsp3) is 0.381. The van der Waals surface area contributed by atoms with Gasteiger partial charge in [0.1, 0.15) is 6.10 Å². The van der Waals surface area contributed by atoms with Crippen molar-refractivity contribution >= 4 is 24.7 Å². The molecule has 0 amide bonds. The van der Waals surface area contributed by atoms with Crippen LogP contribution in [-0.4, -0.2) is 49.4 Å². The summed E-state index contributed by atoms with van der Waals surface area (Å²) in [5, 5.41) is 21.8. The number of aliphatic hydroxyl groups excluding tert-OH is 2. The van der Waals surface area contributed by atoms with Crippen LogP contribution < -0.4 is 10.4 Å². The lowest BCUT2D eigenvalue weighted by Crippen LogP contribution is -2.67. The molecule has 2 aromatic rings. The highest BCUT2D eigenvalue weighted by molar-refractivity contribution is 6.99. The van der Waals surface area contributed by atoms with Gasteiger partial charge in [-0.2, -0.15) is 0 Å². The van der Waals surface area contributed by atoms with Gasteiger partial charge in [0.2, 0.25) is 0 Å². The third-order valence-corrected chi connectivity index (χ3v) is 10.1. The summed E-state index contributed by atoms with van der Waals surface area (Å²) in [4.78, 5) is 11.6. The van der Waals surface area contributed by atoms with Gasteiger partial charge in [-0.25, -0.2) is 4.79 Å². The number of ether oxygens (including phenoxy) is 1. The molecular formula is C21H26O5Si. The highest BCUT2D eigenvalue weighted by Crippen LogP contribution is 2.37. The molecule has 0 bridgehead atoms. The third-order valence-electron chi connectivity index (χ3n) is 5.09. The Bertz CT molecular complexity index is 733. The minimum absolute atomic E-state index is 0.0250. The van der Waals surface area contributed by atoms with Gasteiger partial charge < -0.3 is 19.4 Å². The van der Waals surface area contributed by atoms with Crippen LogP contribution >= 0.6 is 0 Å². The van der Waals surface area contributed by atoms with E-state index in [1.165, 1.54) is 0 Å². The number of carbonyl (C=O) groups is 1. The first-order chi connectivity index (χ1) is 12.8. The van der Waals surface area contributed by atoms with Crippen molar-refractivity contribution in [3.63, 3.8) is 0 Å². The summed E-state index contributed by atoms with van der Waals surface area (Å²) in [6, 6.07) is 20.2. The van der Waals surface area contributed by atoms with Gasteiger partial charge in [0.15, 0.2) is 12.2 Å². The van der Waals surface area contributed by atoms with Gasteiger partial charge in [-0.05, 0) is 15.4 Å². The van der Waals surface area contributed by atoms with Crippen LogP contribution in [0.15, 0.2) is 60.7 Å². The van der Waals surface area contributed by atoms with Crippen molar-refractivity contribution in [2.24, 2.45) is 0 Å². The number of benzene rings is 2. The molecule has 6 heteroatoms. The Kier molecular flexibility index (Phi) is 5.53. The predicted octanol–water partition coefficient (Wildman–Crippen LogP) is 1.21. The molecule has 0 unspecified atom stereocenters. The third kappa shape index (κ3) is 3.58. The molecule has 1 saturated heterocycles. The van der Waals surface area contributed by atoms with E-state index in [9.17, 15) is 15.0 Å². The lowest BCUT2D eigenvalue weighted by Gasteiger charge is -2.43. The SMILES string of the molecule is CC(C)(C)[Si](OC[C@@H]1OC(=O)[C@H](O)[C@H]1O)(c1ccccc1)c1ccccc1. The summed E-state index contributed by atoms with van der Waals surface area (Å²) in [6.07, 6.45) is -3.68. The van der Waals surface area contributed by atoms with E-state index in [0.717, 1.165) is 10.4 Å². The van der Waals surface area contributed by atoms with Crippen LogP contribution in [0.3, 0.4) is 0 Å². The van der Waals surface area contributed by atoms with Gasteiger partial charge in [0.05, 0.1) is 6.61 Å². The molecule has 0 aromatic heterocycles. The minimum atomic E-state index is -2.77. The molecule has 144 valence electrons. The summed E-state index contributed by atoms with van der Waals surface area (Å²) in [6.45, 7) is 6.46. The molecule has 2 N–H and O–H groups in total. The maximum Gasteiger partial charge on any atom is 0.338 e. The Hall–Kier alpha value is -1.99. The summed E-state index contributed by atoms with van der Waals surface area (Å²) in [5.41, 5.74) is 0.